The van der Waals surface area contributed by atoms with Gasteiger partial charge in [-0.15, -0.1) is 0 Å². The molecule has 3 atom stereocenters. The molecule has 0 aromatic heterocycles. The van der Waals surface area contributed by atoms with Gasteiger partial charge < -0.3 is 9.16 Å². The molecule has 4 nitrogen and oxygen atoms in total. The lowest BCUT2D eigenvalue weighted by atomic mass is 10.2. The molecule has 2 fully saturated rings. The van der Waals surface area contributed by atoms with E-state index in [4.69, 9.17) is 9.16 Å². The van der Waals surface area contributed by atoms with Gasteiger partial charge in [-0.3, -0.25) is 9.69 Å². The Hall–Kier alpha value is -0.393. The quantitative estimate of drug-likeness (QED) is 0.590. The minimum atomic E-state index is -1.82. The third kappa shape index (κ3) is 2.73. The summed E-state index contributed by atoms with van der Waals surface area (Å²) in [6.07, 6.45) is 1.78. The second kappa shape index (κ2) is 4.86. The molecular formula is C14H27NO3Si. The molecule has 0 radical (unpaired) electrons. The van der Waals surface area contributed by atoms with Crippen molar-refractivity contribution in [1.82, 2.24) is 4.90 Å². The molecule has 0 aromatic rings. The SMILES string of the molecule is C[C@H](O[Si](C)(C)C(C)(C)C)[C@H]1OC(=O)[C@@H]2CCCN12. The molecule has 0 aliphatic carbocycles. The molecule has 0 unspecified atom stereocenters. The Kier molecular flexibility index (Phi) is 3.84. The molecule has 0 aromatic carbocycles. The Morgan fingerprint density at radius 2 is 2.05 bits per heavy atom. The van der Waals surface area contributed by atoms with Crippen molar-refractivity contribution in [2.45, 2.75) is 77.0 Å². The van der Waals surface area contributed by atoms with Crippen molar-refractivity contribution in [3.8, 4) is 0 Å². The van der Waals surface area contributed by atoms with Crippen molar-refractivity contribution >= 4 is 14.3 Å². The highest BCUT2D eigenvalue weighted by Gasteiger charge is 2.49. The number of hydrogen-bond acceptors (Lipinski definition) is 4. The second-order valence-electron chi connectivity index (χ2n) is 7.31. The summed E-state index contributed by atoms with van der Waals surface area (Å²) in [5.41, 5.74) is 0. The summed E-state index contributed by atoms with van der Waals surface area (Å²) in [5, 5.41) is 0.175. The molecule has 0 saturated carbocycles. The zero-order valence-electron chi connectivity index (χ0n) is 13.0. The summed E-state index contributed by atoms with van der Waals surface area (Å²) in [7, 11) is -1.82. The van der Waals surface area contributed by atoms with Gasteiger partial charge in [-0.25, -0.2) is 0 Å². The van der Waals surface area contributed by atoms with Crippen LogP contribution < -0.4 is 0 Å². The molecule has 2 aliphatic rings. The van der Waals surface area contributed by atoms with E-state index in [0.717, 1.165) is 19.4 Å². The van der Waals surface area contributed by atoms with E-state index >= 15 is 0 Å². The van der Waals surface area contributed by atoms with Crippen LogP contribution in [0.25, 0.3) is 0 Å². The third-order valence-corrected chi connectivity index (χ3v) is 9.39. The van der Waals surface area contributed by atoms with Crippen LogP contribution in [0, 0.1) is 0 Å². The molecule has 5 heteroatoms. The third-order valence-electron chi connectivity index (χ3n) is 4.82. The van der Waals surface area contributed by atoms with E-state index < -0.39 is 8.32 Å². The Bertz CT molecular complexity index is 364. The van der Waals surface area contributed by atoms with Gasteiger partial charge in [0.05, 0.1) is 6.10 Å². The Balaban J connectivity index is 2.05. The van der Waals surface area contributed by atoms with Crippen molar-refractivity contribution in [1.29, 1.82) is 0 Å². The van der Waals surface area contributed by atoms with Crippen LogP contribution in [0.2, 0.25) is 18.1 Å². The van der Waals surface area contributed by atoms with Crippen LogP contribution >= 0.6 is 0 Å². The molecule has 19 heavy (non-hydrogen) atoms. The van der Waals surface area contributed by atoms with Crippen LogP contribution in [-0.2, 0) is 14.0 Å². The van der Waals surface area contributed by atoms with E-state index in [1.54, 1.807) is 0 Å². The zero-order valence-corrected chi connectivity index (χ0v) is 14.0. The van der Waals surface area contributed by atoms with Crippen molar-refractivity contribution in [3.63, 3.8) is 0 Å². The first kappa shape index (κ1) is 15.0. The molecule has 2 rings (SSSR count). The van der Waals surface area contributed by atoms with Gasteiger partial charge in [0.25, 0.3) is 0 Å². The highest BCUT2D eigenvalue weighted by atomic mass is 28.4. The maximum absolute atomic E-state index is 11.8. The molecule has 110 valence electrons. The van der Waals surface area contributed by atoms with Gasteiger partial charge in [-0.2, -0.15) is 0 Å². The van der Waals surface area contributed by atoms with Gasteiger partial charge in [0, 0.05) is 6.54 Å². The molecule has 0 N–H and O–H groups in total. The predicted molar refractivity (Wildman–Crippen MR) is 77.4 cm³/mol. The van der Waals surface area contributed by atoms with E-state index in [1.165, 1.54) is 0 Å². The van der Waals surface area contributed by atoms with Crippen LogP contribution in [0.1, 0.15) is 40.5 Å². The summed E-state index contributed by atoms with van der Waals surface area (Å²) in [6, 6.07) is -0.0181. The number of cyclic esters (lactones) is 1. The van der Waals surface area contributed by atoms with Crippen LogP contribution in [0.4, 0.5) is 0 Å². The second-order valence-corrected chi connectivity index (χ2v) is 12.1. The van der Waals surface area contributed by atoms with E-state index in [2.05, 4.69) is 38.8 Å². The fourth-order valence-corrected chi connectivity index (χ4v) is 4.08. The van der Waals surface area contributed by atoms with Gasteiger partial charge in [0.15, 0.2) is 14.5 Å². The molecule has 0 bridgehead atoms. The zero-order chi connectivity index (χ0) is 14.4. The maximum Gasteiger partial charge on any atom is 0.325 e. The van der Waals surface area contributed by atoms with Crippen LogP contribution in [0.5, 0.6) is 0 Å². The topological polar surface area (TPSA) is 38.8 Å². The molecule has 0 amide bonds. The number of carbonyl (C=O) groups is 1. The fourth-order valence-electron chi connectivity index (χ4n) is 2.68. The fraction of sp³-hybridized carbons (Fsp3) is 0.929. The lowest BCUT2D eigenvalue weighted by Crippen LogP contribution is -2.49. The largest absolute Gasteiger partial charge is 0.442 e. The summed E-state index contributed by atoms with van der Waals surface area (Å²) >= 11 is 0. The first-order valence-electron chi connectivity index (χ1n) is 7.27. The normalized spacial score (nSPS) is 30.3. The van der Waals surface area contributed by atoms with Crippen LogP contribution in [0.3, 0.4) is 0 Å². The maximum atomic E-state index is 11.8. The summed E-state index contributed by atoms with van der Waals surface area (Å²) in [6.45, 7) is 14.1. The predicted octanol–water partition coefficient (Wildman–Crippen LogP) is 2.74. The van der Waals surface area contributed by atoms with Gasteiger partial charge in [-0.1, -0.05) is 20.8 Å². The smallest absolute Gasteiger partial charge is 0.325 e. The summed E-state index contributed by atoms with van der Waals surface area (Å²) in [5.74, 6) is -0.0619. The number of ether oxygens (including phenoxy) is 1. The Morgan fingerprint density at radius 1 is 1.42 bits per heavy atom. The van der Waals surface area contributed by atoms with Gasteiger partial charge >= 0.3 is 5.97 Å². The molecule has 0 spiro atoms. The Morgan fingerprint density at radius 3 is 2.63 bits per heavy atom. The van der Waals surface area contributed by atoms with E-state index in [9.17, 15) is 4.79 Å². The number of esters is 1. The van der Waals surface area contributed by atoms with E-state index in [-0.39, 0.29) is 29.4 Å². The average molecular weight is 285 g/mol. The van der Waals surface area contributed by atoms with Gasteiger partial charge in [0.2, 0.25) is 0 Å². The Labute approximate surface area is 117 Å². The first-order valence-corrected chi connectivity index (χ1v) is 10.2. The summed E-state index contributed by atoms with van der Waals surface area (Å²) < 4.78 is 11.9. The van der Waals surface area contributed by atoms with Gasteiger partial charge in [0.1, 0.15) is 6.04 Å². The van der Waals surface area contributed by atoms with Crippen molar-refractivity contribution in [2.24, 2.45) is 0 Å². The minimum absolute atomic E-state index is 0.0181. The van der Waals surface area contributed by atoms with E-state index in [1.807, 2.05) is 6.92 Å². The molecule has 2 aliphatic heterocycles. The highest BCUT2D eigenvalue weighted by Crippen LogP contribution is 2.39. The number of fused-ring (bicyclic) bond motifs is 1. The average Bonchev–Trinajstić information content (AvgIpc) is 2.80. The van der Waals surface area contributed by atoms with E-state index in [0.29, 0.717) is 0 Å². The van der Waals surface area contributed by atoms with Crippen molar-refractivity contribution in [2.75, 3.05) is 6.54 Å². The standard InChI is InChI=1S/C14H27NO3Si/c1-10(18-19(5,6)14(2,3)4)12-15-9-7-8-11(15)13(16)17-12/h10-12H,7-9H2,1-6H3/t10-,11-,12+/m0/s1. The first-order chi connectivity index (χ1) is 8.63. The van der Waals surface area contributed by atoms with Crippen molar-refractivity contribution in [3.05, 3.63) is 0 Å². The number of rotatable bonds is 3. The lowest BCUT2D eigenvalue weighted by Gasteiger charge is -2.40. The number of carbonyl (C=O) groups excluding carboxylic acids is 1. The molecule has 2 saturated heterocycles. The van der Waals surface area contributed by atoms with Crippen molar-refractivity contribution < 1.29 is 14.0 Å². The molecular weight excluding hydrogens is 258 g/mol. The van der Waals surface area contributed by atoms with Crippen LogP contribution in [-0.4, -0.2) is 44.1 Å². The monoisotopic (exact) mass is 285 g/mol. The highest BCUT2D eigenvalue weighted by molar-refractivity contribution is 6.74. The number of hydrogen-bond donors (Lipinski definition) is 0. The minimum Gasteiger partial charge on any atom is -0.442 e. The summed E-state index contributed by atoms with van der Waals surface area (Å²) in [4.78, 5) is 14.0. The van der Waals surface area contributed by atoms with Gasteiger partial charge in [-0.05, 0) is 37.9 Å². The molecule has 2 heterocycles. The van der Waals surface area contributed by atoms with Crippen LogP contribution in [0.15, 0.2) is 0 Å². The number of nitrogens with zero attached hydrogens (tertiary/aromatic N) is 1. The lowest BCUT2D eigenvalue weighted by molar-refractivity contribution is -0.147.